The van der Waals surface area contributed by atoms with Gasteiger partial charge in [0.05, 0.1) is 5.56 Å². The molecule has 0 spiro atoms. The monoisotopic (exact) mass is 270 g/mol. The Morgan fingerprint density at radius 1 is 1.35 bits per heavy atom. The Balaban J connectivity index is 2.25. The minimum absolute atomic E-state index is 0.137. The molecule has 0 saturated heterocycles. The summed E-state index contributed by atoms with van der Waals surface area (Å²) in [5.41, 5.74) is 2.29. The lowest BCUT2D eigenvalue weighted by molar-refractivity contribution is 0.0696. The second kappa shape index (κ2) is 4.45. The molecule has 1 N–H and O–H groups in total. The van der Waals surface area contributed by atoms with Crippen molar-refractivity contribution in [2.75, 3.05) is 0 Å². The van der Waals surface area contributed by atoms with Crippen LogP contribution in [0.4, 0.5) is 4.39 Å². The number of hydrogen-bond acceptors (Lipinski definition) is 2. The summed E-state index contributed by atoms with van der Waals surface area (Å²) in [5.74, 6) is -1.35. The highest BCUT2D eigenvalue weighted by molar-refractivity contribution is 5.93. The van der Waals surface area contributed by atoms with Gasteiger partial charge in [-0.3, -0.25) is 0 Å². The summed E-state index contributed by atoms with van der Waals surface area (Å²) in [7, 11) is 0. The van der Waals surface area contributed by atoms with Crippen LogP contribution in [0.2, 0.25) is 0 Å². The zero-order valence-electron chi connectivity index (χ0n) is 10.7. The van der Waals surface area contributed by atoms with Crippen LogP contribution in [0.3, 0.4) is 0 Å². The van der Waals surface area contributed by atoms with Crippen LogP contribution < -0.4 is 0 Å². The van der Waals surface area contributed by atoms with Gasteiger partial charge >= 0.3 is 5.97 Å². The molecule has 0 unspecified atom stereocenters. The fourth-order valence-corrected chi connectivity index (χ4v) is 2.20. The second-order valence-electron chi connectivity index (χ2n) is 4.56. The number of carbonyl (C=O) groups is 1. The van der Waals surface area contributed by atoms with Gasteiger partial charge in [-0.15, -0.1) is 0 Å². The summed E-state index contributed by atoms with van der Waals surface area (Å²) < 4.78 is 15.1. The highest BCUT2D eigenvalue weighted by Gasteiger charge is 2.12. The third kappa shape index (κ3) is 1.93. The lowest BCUT2D eigenvalue weighted by Gasteiger charge is -2.04. The molecule has 0 atom stereocenters. The Hall–Kier alpha value is -2.69. The van der Waals surface area contributed by atoms with E-state index in [1.807, 2.05) is 13.1 Å². The summed E-state index contributed by atoms with van der Waals surface area (Å²) in [6.07, 6.45) is 3.12. The van der Waals surface area contributed by atoms with Gasteiger partial charge in [0.25, 0.3) is 0 Å². The third-order valence-corrected chi connectivity index (χ3v) is 3.18. The third-order valence-electron chi connectivity index (χ3n) is 3.18. The van der Waals surface area contributed by atoms with Gasteiger partial charge in [0.2, 0.25) is 0 Å². The molecule has 0 saturated carbocycles. The predicted octanol–water partition coefficient (Wildman–Crippen LogP) is 3.17. The number of carboxylic acid groups (broad SMARTS) is 1. The normalized spacial score (nSPS) is 10.9. The number of pyridine rings is 1. The van der Waals surface area contributed by atoms with Crippen LogP contribution >= 0.6 is 0 Å². The Morgan fingerprint density at radius 2 is 2.15 bits per heavy atom. The SMILES string of the molecule is Cc1cn(-c2cccc(F)c2)c2ncc(C(=O)O)cc12. The van der Waals surface area contributed by atoms with E-state index in [1.165, 1.54) is 18.3 Å². The van der Waals surface area contributed by atoms with Crippen molar-refractivity contribution < 1.29 is 14.3 Å². The Bertz CT molecular complexity index is 824. The fraction of sp³-hybridized carbons (Fsp3) is 0.0667. The average molecular weight is 270 g/mol. The predicted molar refractivity (Wildman–Crippen MR) is 72.7 cm³/mol. The molecule has 0 aliphatic rings. The first kappa shape index (κ1) is 12.3. The summed E-state index contributed by atoms with van der Waals surface area (Å²) in [4.78, 5) is 15.2. The maximum absolute atomic E-state index is 13.3. The van der Waals surface area contributed by atoms with Crippen LogP contribution in [-0.4, -0.2) is 20.6 Å². The number of aromatic carboxylic acids is 1. The van der Waals surface area contributed by atoms with E-state index in [0.29, 0.717) is 11.3 Å². The zero-order valence-corrected chi connectivity index (χ0v) is 10.7. The molecule has 0 amide bonds. The van der Waals surface area contributed by atoms with E-state index in [4.69, 9.17) is 5.11 Å². The van der Waals surface area contributed by atoms with Crippen LogP contribution in [-0.2, 0) is 0 Å². The molecule has 0 aliphatic heterocycles. The van der Waals surface area contributed by atoms with Crippen molar-refractivity contribution >= 4 is 17.0 Å². The number of aryl methyl sites for hydroxylation is 1. The van der Waals surface area contributed by atoms with Gasteiger partial charge < -0.3 is 9.67 Å². The van der Waals surface area contributed by atoms with E-state index < -0.39 is 5.97 Å². The molecule has 2 aromatic heterocycles. The van der Waals surface area contributed by atoms with E-state index in [9.17, 15) is 9.18 Å². The molecule has 0 fully saturated rings. The summed E-state index contributed by atoms with van der Waals surface area (Å²) in [5, 5.41) is 9.74. The molecule has 2 heterocycles. The molecule has 1 aromatic carbocycles. The summed E-state index contributed by atoms with van der Waals surface area (Å²) in [6.45, 7) is 1.87. The first-order valence-corrected chi connectivity index (χ1v) is 6.03. The Kier molecular flexibility index (Phi) is 2.75. The van der Waals surface area contributed by atoms with Crippen molar-refractivity contribution in [3.05, 3.63) is 59.7 Å². The molecule has 100 valence electrons. The highest BCUT2D eigenvalue weighted by atomic mass is 19.1. The first-order chi connectivity index (χ1) is 9.56. The lowest BCUT2D eigenvalue weighted by Crippen LogP contribution is -1.99. The maximum Gasteiger partial charge on any atom is 0.337 e. The van der Waals surface area contributed by atoms with Gasteiger partial charge in [0.15, 0.2) is 0 Å². The van der Waals surface area contributed by atoms with E-state index >= 15 is 0 Å². The molecule has 0 radical (unpaired) electrons. The van der Waals surface area contributed by atoms with Gasteiger partial charge in [-0.05, 0) is 36.8 Å². The first-order valence-electron chi connectivity index (χ1n) is 6.03. The van der Waals surface area contributed by atoms with E-state index in [1.54, 1.807) is 22.8 Å². The summed E-state index contributed by atoms with van der Waals surface area (Å²) >= 11 is 0. The number of halogens is 1. The number of carboxylic acids is 1. The molecule has 3 aromatic rings. The summed E-state index contributed by atoms with van der Waals surface area (Å²) in [6, 6.07) is 7.76. The molecular formula is C15H11FN2O2. The van der Waals surface area contributed by atoms with Crippen molar-refractivity contribution in [2.24, 2.45) is 0 Å². The van der Waals surface area contributed by atoms with Gasteiger partial charge in [0.1, 0.15) is 11.5 Å². The zero-order chi connectivity index (χ0) is 14.3. The largest absolute Gasteiger partial charge is 0.478 e. The van der Waals surface area contributed by atoms with Gasteiger partial charge in [-0.1, -0.05) is 6.07 Å². The molecule has 5 heteroatoms. The van der Waals surface area contributed by atoms with Crippen LogP contribution in [0.15, 0.2) is 42.7 Å². The number of benzene rings is 1. The van der Waals surface area contributed by atoms with E-state index in [-0.39, 0.29) is 11.4 Å². The Morgan fingerprint density at radius 3 is 2.85 bits per heavy atom. The number of nitrogens with zero attached hydrogens (tertiary/aromatic N) is 2. The smallest absolute Gasteiger partial charge is 0.337 e. The van der Waals surface area contributed by atoms with Gasteiger partial charge in [0, 0.05) is 23.5 Å². The number of hydrogen-bond donors (Lipinski definition) is 1. The number of fused-ring (bicyclic) bond motifs is 1. The van der Waals surface area contributed by atoms with E-state index in [0.717, 1.165) is 10.9 Å². The lowest BCUT2D eigenvalue weighted by atomic mass is 10.2. The molecule has 0 bridgehead atoms. The fourth-order valence-electron chi connectivity index (χ4n) is 2.20. The van der Waals surface area contributed by atoms with Crippen LogP contribution in [0, 0.1) is 12.7 Å². The maximum atomic E-state index is 13.3. The molecule has 4 nitrogen and oxygen atoms in total. The standard InChI is InChI=1S/C15H11FN2O2/c1-9-8-18(12-4-2-3-11(16)6-12)14-13(9)5-10(7-17-14)15(19)20/h2-8H,1H3,(H,19,20). The topological polar surface area (TPSA) is 55.1 Å². The highest BCUT2D eigenvalue weighted by Crippen LogP contribution is 2.24. The Labute approximate surface area is 114 Å². The molecule has 0 aliphatic carbocycles. The van der Waals surface area contributed by atoms with Crippen molar-refractivity contribution in [1.82, 2.24) is 9.55 Å². The van der Waals surface area contributed by atoms with Gasteiger partial charge in [-0.25, -0.2) is 14.2 Å². The van der Waals surface area contributed by atoms with Crippen molar-refractivity contribution in [3.8, 4) is 5.69 Å². The minimum Gasteiger partial charge on any atom is -0.478 e. The molecule has 3 rings (SSSR count). The van der Waals surface area contributed by atoms with Crippen molar-refractivity contribution in [2.45, 2.75) is 6.92 Å². The number of rotatable bonds is 2. The average Bonchev–Trinajstić information content (AvgIpc) is 2.76. The van der Waals surface area contributed by atoms with Crippen LogP contribution in [0.5, 0.6) is 0 Å². The van der Waals surface area contributed by atoms with Crippen LogP contribution in [0.1, 0.15) is 15.9 Å². The minimum atomic E-state index is -1.02. The van der Waals surface area contributed by atoms with Crippen LogP contribution in [0.25, 0.3) is 16.7 Å². The quantitative estimate of drug-likeness (QED) is 0.778. The van der Waals surface area contributed by atoms with E-state index in [2.05, 4.69) is 4.98 Å². The molecule has 20 heavy (non-hydrogen) atoms. The van der Waals surface area contributed by atoms with Crippen molar-refractivity contribution in [1.29, 1.82) is 0 Å². The van der Waals surface area contributed by atoms with Crippen molar-refractivity contribution in [3.63, 3.8) is 0 Å². The molecular weight excluding hydrogens is 259 g/mol. The second-order valence-corrected chi connectivity index (χ2v) is 4.56. The number of aromatic nitrogens is 2. The van der Waals surface area contributed by atoms with Gasteiger partial charge in [-0.2, -0.15) is 0 Å².